The van der Waals surface area contributed by atoms with Gasteiger partial charge in [0.15, 0.2) is 0 Å². The summed E-state index contributed by atoms with van der Waals surface area (Å²) in [4.78, 5) is 25.7. The van der Waals surface area contributed by atoms with Crippen LogP contribution in [0.5, 0.6) is 0 Å². The van der Waals surface area contributed by atoms with Gasteiger partial charge in [-0.05, 0) is 19.9 Å². The summed E-state index contributed by atoms with van der Waals surface area (Å²) in [6.07, 6.45) is 0. The van der Waals surface area contributed by atoms with Crippen molar-refractivity contribution in [3.05, 3.63) is 17.5 Å². The molecular weight excluding hydrogens is 248 g/mol. The van der Waals surface area contributed by atoms with E-state index in [1.807, 2.05) is 6.92 Å². The highest BCUT2D eigenvalue weighted by atomic mass is 16.5. The van der Waals surface area contributed by atoms with Crippen molar-refractivity contribution in [1.29, 1.82) is 0 Å². The lowest BCUT2D eigenvalue weighted by Gasteiger charge is -2.33. The van der Waals surface area contributed by atoms with Crippen molar-refractivity contribution < 1.29 is 14.3 Å². The van der Waals surface area contributed by atoms with Crippen molar-refractivity contribution in [2.75, 3.05) is 26.2 Å². The third-order valence-electron chi connectivity index (χ3n) is 2.99. The van der Waals surface area contributed by atoms with Crippen LogP contribution >= 0.6 is 0 Å². The first-order valence-electron chi connectivity index (χ1n) is 6.33. The summed E-state index contributed by atoms with van der Waals surface area (Å²) in [5.41, 5.74) is 1.14. The normalized spacial score (nSPS) is 19.3. The first-order chi connectivity index (χ1) is 9.13. The summed E-state index contributed by atoms with van der Waals surface area (Å²) in [7, 11) is 0. The molecule has 1 amide bonds. The highest BCUT2D eigenvalue weighted by Crippen LogP contribution is 2.11. The molecule has 1 atom stereocenters. The third kappa shape index (κ3) is 2.93. The molecule has 1 unspecified atom stereocenters. The molecular formula is C12H18N4O3. The molecule has 7 nitrogen and oxygen atoms in total. The summed E-state index contributed by atoms with van der Waals surface area (Å²) >= 11 is 0. The average Bonchev–Trinajstić information content (AvgIpc) is 2.85. The Balaban J connectivity index is 2.15. The Morgan fingerprint density at radius 2 is 2.37 bits per heavy atom. The van der Waals surface area contributed by atoms with E-state index in [1.165, 1.54) is 4.90 Å². The van der Waals surface area contributed by atoms with Crippen molar-refractivity contribution in [3.8, 4) is 0 Å². The van der Waals surface area contributed by atoms with Gasteiger partial charge in [-0.1, -0.05) is 0 Å². The minimum atomic E-state index is -0.585. The molecule has 1 aliphatic rings. The Bertz CT molecular complexity index is 471. The number of rotatable bonds is 3. The number of ether oxygens (including phenoxy) is 1. The van der Waals surface area contributed by atoms with E-state index in [9.17, 15) is 9.59 Å². The molecule has 0 bridgehead atoms. The summed E-state index contributed by atoms with van der Waals surface area (Å²) in [6.45, 7) is 5.41. The van der Waals surface area contributed by atoms with Gasteiger partial charge in [-0.3, -0.25) is 9.89 Å². The van der Waals surface area contributed by atoms with E-state index in [1.54, 1.807) is 13.0 Å². The lowest BCUT2D eigenvalue weighted by Crippen LogP contribution is -2.57. The van der Waals surface area contributed by atoms with Gasteiger partial charge in [0.25, 0.3) is 5.91 Å². The van der Waals surface area contributed by atoms with Crippen molar-refractivity contribution in [2.24, 2.45) is 0 Å². The van der Waals surface area contributed by atoms with E-state index in [-0.39, 0.29) is 11.9 Å². The zero-order chi connectivity index (χ0) is 13.8. The minimum absolute atomic E-state index is 0.246. The number of carbonyl (C=O) groups excluding carboxylic acids is 2. The van der Waals surface area contributed by atoms with Gasteiger partial charge in [-0.25, -0.2) is 4.79 Å². The number of hydrogen-bond acceptors (Lipinski definition) is 5. The fraction of sp³-hybridized carbons (Fsp3) is 0.583. The number of aromatic amines is 1. The standard InChI is InChI=1S/C12H18N4O3/c1-3-19-12(18)10-7-13-4-5-16(10)11(17)9-6-8(2)14-15-9/h6,10,13H,3-5,7H2,1-2H3,(H,14,15). The van der Waals surface area contributed by atoms with Gasteiger partial charge in [0.1, 0.15) is 11.7 Å². The predicted octanol–water partition coefficient (Wildman–Crippen LogP) is -0.305. The molecule has 2 rings (SSSR count). The number of nitrogens with zero attached hydrogens (tertiary/aromatic N) is 2. The van der Waals surface area contributed by atoms with Crippen LogP contribution < -0.4 is 5.32 Å². The summed E-state index contributed by atoms with van der Waals surface area (Å²) in [6, 6.07) is 1.09. The number of aromatic nitrogens is 2. The molecule has 0 aromatic carbocycles. The topological polar surface area (TPSA) is 87.3 Å². The van der Waals surface area contributed by atoms with E-state index >= 15 is 0 Å². The Morgan fingerprint density at radius 3 is 3.00 bits per heavy atom. The highest BCUT2D eigenvalue weighted by molar-refractivity contribution is 5.95. The number of piperazine rings is 1. The molecule has 0 radical (unpaired) electrons. The van der Waals surface area contributed by atoms with E-state index in [2.05, 4.69) is 15.5 Å². The maximum atomic E-state index is 12.3. The van der Waals surface area contributed by atoms with E-state index in [0.717, 1.165) is 5.69 Å². The third-order valence-corrected chi connectivity index (χ3v) is 2.99. The number of esters is 1. The fourth-order valence-electron chi connectivity index (χ4n) is 2.07. The van der Waals surface area contributed by atoms with Gasteiger partial charge >= 0.3 is 5.97 Å². The van der Waals surface area contributed by atoms with Crippen LogP contribution in [-0.2, 0) is 9.53 Å². The van der Waals surface area contributed by atoms with Gasteiger partial charge < -0.3 is 15.0 Å². The molecule has 1 saturated heterocycles. The summed E-state index contributed by atoms with van der Waals surface area (Å²) in [5.74, 6) is -0.626. The Hall–Kier alpha value is -1.89. The van der Waals surface area contributed by atoms with Crippen LogP contribution in [0.3, 0.4) is 0 Å². The number of H-pyrrole nitrogens is 1. The maximum absolute atomic E-state index is 12.3. The molecule has 2 N–H and O–H groups in total. The minimum Gasteiger partial charge on any atom is -0.464 e. The molecule has 1 fully saturated rings. The van der Waals surface area contributed by atoms with Crippen molar-refractivity contribution in [2.45, 2.75) is 19.9 Å². The van der Waals surface area contributed by atoms with Crippen molar-refractivity contribution in [1.82, 2.24) is 20.4 Å². The fourth-order valence-corrected chi connectivity index (χ4v) is 2.07. The van der Waals surface area contributed by atoms with Crippen molar-refractivity contribution in [3.63, 3.8) is 0 Å². The molecule has 0 aliphatic carbocycles. The van der Waals surface area contributed by atoms with Crippen LogP contribution in [0.25, 0.3) is 0 Å². The first-order valence-corrected chi connectivity index (χ1v) is 6.33. The van der Waals surface area contributed by atoms with Crippen LogP contribution in [0.4, 0.5) is 0 Å². The van der Waals surface area contributed by atoms with Crippen LogP contribution in [0.1, 0.15) is 23.1 Å². The van der Waals surface area contributed by atoms with E-state index in [4.69, 9.17) is 4.74 Å². The van der Waals surface area contributed by atoms with Gasteiger partial charge in [0.2, 0.25) is 0 Å². The zero-order valence-electron chi connectivity index (χ0n) is 11.1. The molecule has 7 heteroatoms. The Morgan fingerprint density at radius 1 is 1.58 bits per heavy atom. The lowest BCUT2D eigenvalue weighted by atomic mass is 10.1. The number of aryl methyl sites for hydroxylation is 1. The lowest BCUT2D eigenvalue weighted by molar-refractivity contribution is -0.149. The highest BCUT2D eigenvalue weighted by Gasteiger charge is 2.34. The number of hydrogen-bond donors (Lipinski definition) is 2. The second-order valence-electron chi connectivity index (χ2n) is 4.41. The van der Waals surface area contributed by atoms with E-state index < -0.39 is 6.04 Å². The molecule has 1 aromatic heterocycles. The van der Waals surface area contributed by atoms with Gasteiger partial charge in [0.05, 0.1) is 6.61 Å². The molecule has 19 heavy (non-hydrogen) atoms. The second kappa shape index (κ2) is 5.83. The number of carbonyl (C=O) groups is 2. The molecule has 0 spiro atoms. The smallest absolute Gasteiger partial charge is 0.330 e. The quantitative estimate of drug-likeness (QED) is 0.733. The predicted molar refractivity (Wildman–Crippen MR) is 67.7 cm³/mol. The number of nitrogens with one attached hydrogen (secondary N) is 2. The van der Waals surface area contributed by atoms with E-state index in [0.29, 0.717) is 31.9 Å². The second-order valence-corrected chi connectivity index (χ2v) is 4.41. The Kier molecular flexibility index (Phi) is 4.16. The van der Waals surface area contributed by atoms with Crippen LogP contribution in [0, 0.1) is 6.92 Å². The summed E-state index contributed by atoms with van der Waals surface area (Å²) < 4.78 is 5.00. The van der Waals surface area contributed by atoms with Crippen LogP contribution in [0.15, 0.2) is 6.07 Å². The SMILES string of the molecule is CCOC(=O)C1CNCCN1C(=O)c1cc(C)[nH]n1. The molecule has 104 valence electrons. The first kappa shape index (κ1) is 13.5. The largest absolute Gasteiger partial charge is 0.464 e. The maximum Gasteiger partial charge on any atom is 0.330 e. The van der Waals surface area contributed by atoms with Gasteiger partial charge in [-0.15, -0.1) is 0 Å². The monoisotopic (exact) mass is 266 g/mol. The average molecular weight is 266 g/mol. The van der Waals surface area contributed by atoms with Crippen molar-refractivity contribution >= 4 is 11.9 Å². The van der Waals surface area contributed by atoms with Crippen LogP contribution in [0.2, 0.25) is 0 Å². The Labute approximate surface area is 111 Å². The molecule has 1 aliphatic heterocycles. The number of amides is 1. The van der Waals surface area contributed by atoms with Crippen LogP contribution in [-0.4, -0.2) is 59.3 Å². The zero-order valence-corrected chi connectivity index (χ0v) is 11.1. The summed E-state index contributed by atoms with van der Waals surface area (Å²) in [5, 5.41) is 9.76. The van der Waals surface area contributed by atoms with Gasteiger partial charge in [-0.2, -0.15) is 5.10 Å². The molecule has 2 heterocycles. The van der Waals surface area contributed by atoms with Gasteiger partial charge in [0, 0.05) is 25.3 Å². The molecule has 1 aromatic rings. The molecule has 0 saturated carbocycles.